The largest absolute Gasteiger partial charge is 0.377 e. The van der Waals surface area contributed by atoms with E-state index < -0.39 is 10.0 Å². The summed E-state index contributed by atoms with van der Waals surface area (Å²) in [5, 5.41) is 0. The van der Waals surface area contributed by atoms with Crippen LogP contribution in [0.1, 0.15) is 18.9 Å². The highest BCUT2D eigenvalue weighted by molar-refractivity contribution is 9.10. The Morgan fingerprint density at radius 2 is 2.26 bits per heavy atom. The van der Waals surface area contributed by atoms with Crippen molar-refractivity contribution in [2.45, 2.75) is 36.9 Å². The average Bonchev–Trinajstić information content (AvgIpc) is 2.75. The van der Waals surface area contributed by atoms with Crippen LogP contribution in [0.4, 0.5) is 0 Å². The average molecular weight is 349 g/mol. The summed E-state index contributed by atoms with van der Waals surface area (Å²) in [6.45, 7) is 2.75. The molecule has 1 aliphatic heterocycles. The highest BCUT2D eigenvalue weighted by atomic mass is 79.9. The number of nitrogens with two attached hydrogens (primary N) is 1. The Morgan fingerprint density at radius 1 is 1.53 bits per heavy atom. The molecule has 7 heteroatoms. The number of nitrogens with one attached hydrogen (secondary N) is 1. The van der Waals surface area contributed by atoms with Gasteiger partial charge in [0.25, 0.3) is 0 Å². The fourth-order valence-electron chi connectivity index (χ4n) is 2.03. The first kappa shape index (κ1) is 14.9. The van der Waals surface area contributed by atoms with Gasteiger partial charge in [0.05, 0.1) is 17.0 Å². The second-order valence-electron chi connectivity index (χ2n) is 4.56. The third-order valence-electron chi connectivity index (χ3n) is 3.20. The Hall–Kier alpha value is -0.470. The van der Waals surface area contributed by atoms with Gasteiger partial charge in [0, 0.05) is 17.6 Å². The lowest BCUT2D eigenvalue weighted by molar-refractivity contribution is 0.117. The van der Waals surface area contributed by atoms with Crippen molar-refractivity contribution in [2.24, 2.45) is 5.73 Å². The highest BCUT2D eigenvalue weighted by Crippen LogP contribution is 2.24. The van der Waals surface area contributed by atoms with E-state index in [-0.39, 0.29) is 17.0 Å². The van der Waals surface area contributed by atoms with Crippen molar-refractivity contribution in [1.82, 2.24) is 4.72 Å². The van der Waals surface area contributed by atoms with Crippen molar-refractivity contribution in [3.63, 3.8) is 0 Å². The summed E-state index contributed by atoms with van der Waals surface area (Å²) in [7, 11) is -3.57. The van der Waals surface area contributed by atoms with Crippen molar-refractivity contribution < 1.29 is 13.2 Å². The van der Waals surface area contributed by atoms with Gasteiger partial charge in [-0.25, -0.2) is 13.1 Å². The van der Waals surface area contributed by atoms with Crippen molar-refractivity contribution in [1.29, 1.82) is 0 Å². The number of rotatable bonds is 4. The third kappa shape index (κ3) is 3.35. The van der Waals surface area contributed by atoms with Gasteiger partial charge in [-0.2, -0.15) is 0 Å². The first-order valence-electron chi connectivity index (χ1n) is 6.06. The molecule has 1 fully saturated rings. The highest BCUT2D eigenvalue weighted by Gasteiger charge is 2.30. The normalized spacial score (nSPS) is 23.7. The van der Waals surface area contributed by atoms with Crippen LogP contribution in [0.2, 0.25) is 0 Å². The Labute approximate surface area is 121 Å². The van der Waals surface area contributed by atoms with Gasteiger partial charge in [0.15, 0.2) is 0 Å². The smallest absolute Gasteiger partial charge is 0.242 e. The van der Waals surface area contributed by atoms with E-state index in [1.54, 1.807) is 18.2 Å². The molecular weight excluding hydrogens is 332 g/mol. The van der Waals surface area contributed by atoms with E-state index >= 15 is 0 Å². The van der Waals surface area contributed by atoms with E-state index in [9.17, 15) is 8.42 Å². The van der Waals surface area contributed by atoms with Gasteiger partial charge in [0.1, 0.15) is 0 Å². The first-order chi connectivity index (χ1) is 8.94. The molecule has 3 N–H and O–H groups in total. The van der Waals surface area contributed by atoms with Crippen LogP contribution < -0.4 is 10.5 Å². The summed E-state index contributed by atoms with van der Waals surface area (Å²) in [5.41, 5.74) is 6.32. The molecule has 1 heterocycles. The van der Waals surface area contributed by atoms with Crippen molar-refractivity contribution in [3.05, 3.63) is 28.2 Å². The molecule has 0 spiro atoms. The van der Waals surface area contributed by atoms with Gasteiger partial charge in [-0.15, -0.1) is 0 Å². The molecule has 0 aliphatic carbocycles. The Bertz CT molecular complexity index is 562. The van der Waals surface area contributed by atoms with Crippen molar-refractivity contribution >= 4 is 26.0 Å². The molecule has 106 valence electrons. The van der Waals surface area contributed by atoms with Crippen LogP contribution in [0.5, 0.6) is 0 Å². The molecule has 1 aromatic rings. The zero-order valence-electron chi connectivity index (χ0n) is 10.6. The molecule has 1 aliphatic rings. The molecule has 2 rings (SSSR count). The minimum Gasteiger partial charge on any atom is -0.377 e. The fraction of sp³-hybridized carbons (Fsp3) is 0.500. The van der Waals surface area contributed by atoms with Gasteiger partial charge in [-0.05, 0) is 47.0 Å². The lowest BCUT2D eigenvalue weighted by atomic mass is 10.2. The van der Waals surface area contributed by atoms with Crippen LogP contribution in [0.3, 0.4) is 0 Å². The predicted octanol–water partition coefficient (Wildman–Crippen LogP) is 1.36. The number of sulfonamides is 1. The standard InChI is InChI=1S/C12H17BrN2O3S/c1-8-11(4-5-18-8)15-19(16,17)12-6-9(7-14)2-3-10(12)13/h2-3,6,8,11,15H,4-5,7,14H2,1H3. The molecule has 2 atom stereocenters. The number of benzene rings is 1. The summed E-state index contributed by atoms with van der Waals surface area (Å²) in [5.74, 6) is 0. The van der Waals surface area contributed by atoms with Crippen LogP contribution in [-0.2, 0) is 21.3 Å². The first-order valence-corrected chi connectivity index (χ1v) is 8.34. The van der Waals surface area contributed by atoms with Gasteiger partial charge in [-0.3, -0.25) is 0 Å². The molecule has 0 aromatic heterocycles. The minimum absolute atomic E-state index is 0.105. The van der Waals surface area contributed by atoms with Crippen LogP contribution in [0.15, 0.2) is 27.6 Å². The molecule has 0 amide bonds. The van der Waals surface area contributed by atoms with Crippen LogP contribution in [0, 0.1) is 0 Å². The number of ether oxygens (including phenoxy) is 1. The molecule has 19 heavy (non-hydrogen) atoms. The summed E-state index contributed by atoms with van der Waals surface area (Å²) in [4.78, 5) is 0.217. The molecular formula is C12H17BrN2O3S. The van der Waals surface area contributed by atoms with Gasteiger partial charge < -0.3 is 10.5 Å². The zero-order valence-corrected chi connectivity index (χ0v) is 13.0. The predicted molar refractivity (Wildman–Crippen MR) is 76.2 cm³/mol. The fourth-order valence-corrected chi connectivity index (χ4v) is 4.38. The van der Waals surface area contributed by atoms with E-state index in [0.29, 0.717) is 24.0 Å². The van der Waals surface area contributed by atoms with E-state index in [4.69, 9.17) is 10.5 Å². The van der Waals surface area contributed by atoms with Gasteiger partial charge >= 0.3 is 0 Å². The topological polar surface area (TPSA) is 81.4 Å². The van der Waals surface area contributed by atoms with Crippen LogP contribution in [-0.4, -0.2) is 27.2 Å². The van der Waals surface area contributed by atoms with E-state index in [1.807, 2.05) is 6.92 Å². The number of hydrogen-bond donors (Lipinski definition) is 2. The van der Waals surface area contributed by atoms with E-state index in [2.05, 4.69) is 20.7 Å². The second-order valence-corrected chi connectivity index (χ2v) is 7.10. The van der Waals surface area contributed by atoms with Crippen molar-refractivity contribution in [2.75, 3.05) is 6.61 Å². The molecule has 0 saturated carbocycles. The second kappa shape index (κ2) is 5.88. The maximum Gasteiger partial charge on any atom is 0.242 e. The van der Waals surface area contributed by atoms with Crippen molar-refractivity contribution in [3.8, 4) is 0 Å². The maximum atomic E-state index is 12.4. The van der Waals surface area contributed by atoms with Crippen LogP contribution >= 0.6 is 15.9 Å². The van der Waals surface area contributed by atoms with Gasteiger partial charge in [0.2, 0.25) is 10.0 Å². The maximum absolute atomic E-state index is 12.4. The molecule has 0 bridgehead atoms. The molecule has 1 saturated heterocycles. The minimum atomic E-state index is -3.57. The SMILES string of the molecule is CC1OCCC1NS(=O)(=O)c1cc(CN)ccc1Br. The number of hydrogen-bond acceptors (Lipinski definition) is 4. The quantitative estimate of drug-likeness (QED) is 0.860. The lowest BCUT2D eigenvalue weighted by Gasteiger charge is -2.17. The lowest BCUT2D eigenvalue weighted by Crippen LogP contribution is -2.39. The van der Waals surface area contributed by atoms with Gasteiger partial charge in [-0.1, -0.05) is 6.07 Å². The molecule has 0 radical (unpaired) electrons. The third-order valence-corrected chi connectivity index (χ3v) is 5.69. The summed E-state index contributed by atoms with van der Waals surface area (Å²) in [6.07, 6.45) is 0.584. The van der Waals surface area contributed by atoms with E-state index in [0.717, 1.165) is 5.56 Å². The summed E-state index contributed by atoms with van der Waals surface area (Å²) < 4.78 is 33.4. The Morgan fingerprint density at radius 3 is 2.84 bits per heavy atom. The van der Waals surface area contributed by atoms with Crippen LogP contribution in [0.25, 0.3) is 0 Å². The number of halogens is 1. The molecule has 2 unspecified atom stereocenters. The van der Waals surface area contributed by atoms with E-state index in [1.165, 1.54) is 0 Å². The monoisotopic (exact) mass is 348 g/mol. The summed E-state index contributed by atoms with van der Waals surface area (Å²) in [6, 6.07) is 4.90. The Kier molecular flexibility index (Phi) is 4.62. The Balaban J connectivity index is 2.28. The molecule has 5 nitrogen and oxygen atoms in total. The molecule has 1 aromatic carbocycles. The zero-order chi connectivity index (χ0) is 14.0. The summed E-state index contributed by atoms with van der Waals surface area (Å²) >= 11 is 3.27.